The molecule has 7 nitrogen and oxygen atoms in total. The molecule has 0 aliphatic heterocycles. The van der Waals surface area contributed by atoms with Gasteiger partial charge in [-0.1, -0.05) is 29.3 Å². The van der Waals surface area contributed by atoms with Crippen molar-refractivity contribution in [3.63, 3.8) is 0 Å². The second-order valence-corrected chi connectivity index (χ2v) is 11.3. The quantitative estimate of drug-likeness (QED) is 0.533. The van der Waals surface area contributed by atoms with E-state index in [1.807, 2.05) is 31.5 Å². The molecule has 1 aromatic heterocycles. The Morgan fingerprint density at radius 1 is 1.12 bits per heavy atom. The molecule has 2 aromatic carbocycles. The fourth-order valence-electron chi connectivity index (χ4n) is 3.42. The Labute approximate surface area is 198 Å². The smallest absolute Gasteiger partial charge is 0.242 e. The maximum Gasteiger partial charge on any atom is 0.242 e. The minimum Gasteiger partial charge on any atom is -0.347 e. The lowest BCUT2D eigenvalue weighted by Crippen LogP contribution is -2.41. The van der Waals surface area contributed by atoms with E-state index in [9.17, 15) is 13.2 Å². The van der Waals surface area contributed by atoms with E-state index in [1.165, 1.54) is 14.1 Å². The molecule has 0 bridgehead atoms. The van der Waals surface area contributed by atoms with Crippen LogP contribution in [0.25, 0.3) is 11.0 Å². The molecule has 32 heavy (non-hydrogen) atoms. The van der Waals surface area contributed by atoms with Crippen LogP contribution in [-0.2, 0) is 33.8 Å². The van der Waals surface area contributed by atoms with Crippen LogP contribution in [0.4, 0.5) is 0 Å². The van der Waals surface area contributed by atoms with Gasteiger partial charge >= 0.3 is 0 Å². The lowest BCUT2D eigenvalue weighted by atomic mass is 9.94. The molecule has 10 heteroatoms. The van der Waals surface area contributed by atoms with Gasteiger partial charge in [-0.25, -0.2) is 17.7 Å². The Morgan fingerprint density at radius 2 is 1.81 bits per heavy atom. The number of hydrogen-bond donors (Lipinski definition) is 1. The second-order valence-electron chi connectivity index (χ2n) is 8.33. The van der Waals surface area contributed by atoms with E-state index in [4.69, 9.17) is 23.2 Å². The van der Waals surface area contributed by atoms with Gasteiger partial charge in [0.25, 0.3) is 0 Å². The highest BCUT2D eigenvalue weighted by Gasteiger charge is 2.24. The number of sulfonamides is 1. The van der Waals surface area contributed by atoms with Crippen LogP contribution < -0.4 is 5.32 Å². The molecule has 3 rings (SSSR count). The van der Waals surface area contributed by atoms with Gasteiger partial charge in [0.2, 0.25) is 15.9 Å². The van der Waals surface area contributed by atoms with Crippen LogP contribution in [0.3, 0.4) is 0 Å². The van der Waals surface area contributed by atoms with Gasteiger partial charge < -0.3 is 9.88 Å². The molecule has 0 atom stereocenters. The van der Waals surface area contributed by atoms with Crippen molar-refractivity contribution in [3.05, 3.63) is 57.8 Å². The Morgan fingerprint density at radius 3 is 2.44 bits per heavy atom. The molecule has 0 aliphatic rings. The van der Waals surface area contributed by atoms with E-state index in [1.54, 1.807) is 30.3 Å². The largest absolute Gasteiger partial charge is 0.347 e. The fraction of sp³-hybridized carbons (Fsp3) is 0.364. The molecule has 0 aliphatic carbocycles. The van der Waals surface area contributed by atoms with Crippen molar-refractivity contribution in [2.24, 2.45) is 7.05 Å². The SMILES string of the molecule is CN(C)S(=O)(=O)c1ccc2c(c1)nc(CCC(=O)NC(C)(C)c1ccc(Cl)c(Cl)c1)n2C. The Bertz CT molecular complexity index is 1280. The second kappa shape index (κ2) is 9.02. The van der Waals surface area contributed by atoms with Crippen LogP contribution in [0.2, 0.25) is 10.0 Å². The third-order valence-electron chi connectivity index (χ3n) is 5.39. The van der Waals surface area contributed by atoms with Crippen LogP contribution in [0.5, 0.6) is 0 Å². The zero-order valence-electron chi connectivity index (χ0n) is 18.6. The monoisotopic (exact) mass is 496 g/mol. The number of nitrogens with zero attached hydrogens (tertiary/aromatic N) is 3. The maximum atomic E-state index is 12.7. The van der Waals surface area contributed by atoms with Gasteiger partial charge in [0.1, 0.15) is 5.82 Å². The standard InChI is InChI=1S/C22H26Cl2N4O3S/c1-22(2,14-6-8-16(23)17(24)12-14)26-21(29)11-10-20-25-18-13-15(32(30,31)27(3)4)7-9-19(18)28(20)5/h6-9,12-13H,10-11H2,1-5H3,(H,26,29). The molecule has 172 valence electrons. The number of carbonyl (C=O) groups is 1. The molecule has 0 radical (unpaired) electrons. The van der Waals surface area contributed by atoms with Crippen LogP contribution in [-0.4, -0.2) is 42.3 Å². The summed E-state index contributed by atoms with van der Waals surface area (Å²) in [4.78, 5) is 17.4. The first kappa shape index (κ1) is 24.5. The van der Waals surface area contributed by atoms with Crippen molar-refractivity contribution in [1.29, 1.82) is 0 Å². The molecule has 1 heterocycles. The molecule has 0 fully saturated rings. The summed E-state index contributed by atoms with van der Waals surface area (Å²) in [5.41, 5.74) is 1.58. The van der Waals surface area contributed by atoms with Crippen molar-refractivity contribution in [2.45, 2.75) is 37.1 Å². The number of fused-ring (bicyclic) bond motifs is 1. The Kier molecular flexibility index (Phi) is 6.91. The van der Waals surface area contributed by atoms with E-state index >= 15 is 0 Å². The number of halogens is 2. The summed E-state index contributed by atoms with van der Waals surface area (Å²) in [5.74, 6) is 0.561. The lowest BCUT2D eigenvalue weighted by Gasteiger charge is -2.27. The zero-order chi connectivity index (χ0) is 23.8. The molecule has 0 saturated carbocycles. The molecular formula is C22H26Cl2N4O3S. The molecule has 1 amide bonds. The summed E-state index contributed by atoms with van der Waals surface area (Å²) >= 11 is 12.1. The summed E-state index contributed by atoms with van der Waals surface area (Å²) in [5, 5.41) is 3.91. The summed E-state index contributed by atoms with van der Waals surface area (Å²) < 4.78 is 27.8. The van der Waals surface area contributed by atoms with Crippen LogP contribution in [0.15, 0.2) is 41.3 Å². The van der Waals surface area contributed by atoms with Gasteiger partial charge in [-0.15, -0.1) is 0 Å². The van der Waals surface area contributed by atoms with Gasteiger partial charge in [0, 0.05) is 34.0 Å². The first-order valence-electron chi connectivity index (χ1n) is 9.97. The average molecular weight is 497 g/mol. The van der Waals surface area contributed by atoms with E-state index < -0.39 is 15.6 Å². The number of hydrogen-bond acceptors (Lipinski definition) is 4. The minimum atomic E-state index is -3.55. The molecule has 3 aromatic rings. The topological polar surface area (TPSA) is 84.3 Å². The number of aromatic nitrogens is 2. The number of nitrogens with one attached hydrogen (secondary N) is 1. The number of imidazole rings is 1. The highest BCUT2D eigenvalue weighted by atomic mass is 35.5. The van der Waals surface area contributed by atoms with Gasteiger partial charge in [-0.2, -0.15) is 0 Å². The number of aryl methyl sites for hydroxylation is 2. The normalized spacial score (nSPS) is 12.5. The van der Waals surface area contributed by atoms with Crippen LogP contribution in [0, 0.1) is 0 Å². The average Bonchev–Trinajstić information content (AvgIpc) is 3.03. The lowest BCUT2D eigenvalue weighted by molar-refractivity contribution is -0.122. The number of amides is 1. The predicted octanol–water partition coefficient (Wildman–Crippen LogP) is 4.11. The van der Waals surface area contributed by atoms with Crippen molar-refractivity contribution in [1.82, 2.24) is 19.2 Å². The summed E-state index contributed by atoms with van der Waals surface area (Å²) in [7, 11) is 1.28. The molecular weight excluding hydrogens is 471 g/mol. The van der Waals surface area contributed by atoms with Gasteiger partial charge in [0.15, 0.2) is 0 Å². The number of rotatable bonds is 7. The molecule has 0 spiro atoms. The minimum absolute atomic E-state index is 0.135. The van der Waals surface area contributed by atoms with Crippen LogP contribution >= 0.6 is 23.2 Å². The zero-order valence-corrected chi connectivity index (χ0v) is 20.9. The van der Waals surface area contributed by atoms with Crippen molar-refractivity contribution >= 4 is 50.2 Å². The highest BCUT2D eigenvalue weighted by Crippen LogP contribution is 2.28. The number of benzene rings is 2. The summed E-state index contributed by atoms with van der Waals surface area (Å²) in [6, 6.07) is 10.1. The van der Waals surface area contributed by atoms with Gasteiger partial charge in [-0.3, -0.25) is 4.79 Å². The first-order chi connectivity index (χ1) is 14.8. The fourth-order valence-corrected chi connectivity index (χ4v) is 4.64. The van der Waals surface area contributed by atoms with Gasteiger partial charge in [0.05, 0.1) is 31.5 Å². The molecule has 0 unspecified atom stereocenters. The Balaban J connectivity index is 1.74. The summed E-state index contributed by atoms with van der Waals surface area (Å²) in [6.45, 7) is 3.79. The highest BCUT2D eigenvalue weighted by molar-refractivity contribution is 7.89. The van der Waals surface area contributed by atoms with Crippen molar-refractivity contribution in [2.75, 3.05) is 14.1 Å². The van der Waals surface area contributed by atoms with E-state index in [0.29, 0.717) is 27.8 Å². The third kappa shape index (κ3) is 4.93. The van der Waals surface area contributed by atoms with E-state index in [0.717, 1.165) is 15.4 Å². The maximum absolute atomic E-state index is 12.7. The van der Waals surface area contributed by atoms with E-state index in [2.05, 4.69) is 10.3 Å². The van der Waals surface area contributed by atoms with Gasteiger partial charge in [-0.05, 0) is 49.7 Å². The third-order valence-corrected chi connectivity index (χ3v) is 7.94. The first-order valence-corrected chi connectivity index (χ1v) is 12.2. The van der Waals surface area contributed by atoms with Crippen molar-refractivity contribution < 1.29 is 13.2 Å². The van der Waals surface area contributed by atoms with Crippen molar-refractivity contribution in [3.8, 4) is 0 Å². The molecule has 1 N–H and O–H groups in total. The Hall–Kier alpha value is -2.13. The van der Waals surface area contributed by atoms with Crippen LogP contribution in [0.1, 0.15) is 31.7 Å². The number of carbonyl (C=O) groups excluding carboxylic acids is 1. The summed E-state index contributed by atoms with van der Waals surface area (Å²) in [6.07, 6.45) is 0.634. The molecule has 0 saturated heterocycles. The van der Waals surface area contributed by atoms with E-state index in [-0.39, 0.29) is 17.2 Å². The predicted molar refractivity (Wildman–Crippen MR) is 128 cm³/mol.